The van der Waals surface area contributed by atoms with Crippen LogP contribution in [0.25, 0.3) is 0 Å². The summed E-state index contributed by atoms with van der Waals surface area (Å²) in [5.41, 5.74) is 0.461. The van der Waals surface area contributed by atoms with Gasteiger partial charge in [-0.2, -0.15) is 5.26 Å². The Labute approximate surface area is 124 Å². The molecule has 0 radical (unpaired) electrons. The minimum Gasteiger partial charge on any atom is -0.488 e. The maximum absolute atomic E-state index is 8.88. The molecule has 1 saturated heterocycles. The van der Waals surface area contributed by atoms with Gasteiger partial charge in [0.2, 0.25) is 0 Å². The number of benzene rings is 1. The van der Waals surface area contributed by atoms with E-state index in [4.69, 9.17) is 26.3 Å². The number of nitriles is 1. The van der Waals surface area contributed by atoms with Gasteiger partial charge < -0.3 is 14.8 Å². The van der Waals surface area contributed by atoms with Crippen LogP contribution in [0.15, 0.2) is 18.2 Å². The molecule has 1 aromatic carbocycles. The van der Waals surface area contributed by atoms with Gasteiger partial charge in [0.25, 0.3) is 0 Å². The second-order valence-electron chi connectivity index (χ2n) is 4.82. The molecule has 2 rings (SSSR count). The third kappa shape index (κ3) is 3.86. The van der Waals surface area contributed by atoms with Crippen molar-refractivity contribution in [1.82, 2.24) is 5.32 Å². The normalized spacial score (nSPS) is 19.6. The Morgan fingerprint density at radius 2 is 2.40 bits per heavy atom. The predicted molar refractivity (Wildman–Crippen MR) is 78.1 cm³/mol. The molecule has 0 spiro atoms. The lowest BCUT2D eigenvalue weighted by Gasteiger charge is -2.24. The molecule has 2 atom stereocenters. The van der Waals surface area contributed by atoms with Crippen LogP contribution in [0.3, 0.4) is 0 Å². The van der Waals surface area contributed by atoms with Crippen molar-refractivity contribution in [2.75, 3.05) is 26.3 Å². The molecule has 0 saturated carbocycles. The van der Waals surface area contributed by atoms with Crippen molar-refractivity contribution in [1.29, 1.82) is 5.26 Å². The SMILES string of the molecule is CCOC[C@@H](Oc1ccc(C#N)c(Cl)c1)[C@@H]1CCNC1. The Balaban J connectivity index is 2.06. The predicted octanol–water partition coefficient (Wildman–Crippen LogP) is 2.61. The highest BCUT2D eigenvalue weighted by Crippen LogP contribution is 2.25. The molecule has 1 aromatic rings. The van der Waals surface area contributed by atoms with Gasteiger partial charge in [-0.3, -0.25) is 0 Å². The summed E-state index contributed by atoms with van der Waals surface area (Å²) in [7, 11) is 0. The summed E-state index contributed by atoms with van der Waals surface area (Å²) in [4.78, 5) is 0. The fraction of sp³-hybridized carbons (Fsp3) is 0.533. The number of halogens is 1. The zero-order chi connectivity index (χ0) is 14.4. The summed E-state index contributed by atoms with van der Waals surface area (Å²) in [5.74, 6) is 1.13. The van der Waals surface area contributed by atoms with E-state index in [-0.39, 0.29) is 6.10 Å². The van der Waals surface area contributed by atoms with E-state index in [9.17, 15) is 0 Å². The first kappa shape index (κ1) is 15.1. The summed E-state index contributed by atoms with van der Waals surface area (Å²) in [6.07, 6.45) is 1.09. The van der Waals surface area contributed by atoms with Crippen LogP contribution in [0, 0.1) is 17.2 Å². The Bertz CT molecular complexity index is 481. The summed E-state index contributed by atoms with van der Waals surface area (Å²) < 4.78 is 11.5. The molecule has 108 valence electrons. The highest BCUT2D eigenvalue weighted by Gasteiger charge is 2.26. The first-order chi connectivity index (χ1) is 9.74. The molecule has 1 N–H and O–H groups in total. The van der Waals surface area contributed by atoms with Gasteiger partial charge in [-0.05, 0) is 32.0 Å². The molecule has 1 aliphatic rings. The van der Waals surface area contributed by atoms with Crippen molar-refractivity contribution >= 4 is 11.6 Å². The van der Waals surface area contributed by atoms with Crippen molar-refractivity contribution in [3.63, 3.8) is 0 Å². The number of nitrogens with one attached hydrogen (secondary N) is 1. The average Bonchev–Trinajstić information content (AvgIpc) is 2.97. The van der Waals surface area contributed by atoms with Gasteiger partial charge in [0.15, 0.2) is 0 Å². The smallest absolute Gasteiger partial charge is 0.126 e. The molecule has 0 amide bonds. The third-order valence-corrected chi connectivity index (χ3v) is 3.77. The Morgan fingerprint density at radius 1 is 1.55 bits per heavy atom. The molecule has 0 unspecified atom stereocenters. The van der Waals surface area contributed by atoms with Gasteiger partial charge in [0.1, 0.15) is 17.9 Å². The maximum Gasteiger partial charge on any atom is 0.126 e. The summed E-state index contributed by atoms with van der Waals surface area (Å²) >= 11 is 6.03. The van der Waals surface area contributed by atoms with E-state index in [0.29, 0.717) is 35.5 Å². The number of rotatable bonds is 6. The van der Waals surface area contributed by atoms with E-state index < -0.39 is 0 Å². The van der Waals surface area contributed by atoms with Crippen molar-refractivity contribution in [2.45, 2.75) is 19.4 Å². The maximum atomic E-state index is 8.88. The lowest BCUT2D eigenvalue weighted by Crippen LogP contribution is -2.33. The van der Waals surface area contributed by atoms with Gasteiger partial charge in [0.05, 0.1) is 17.2 Å². The lowest BCUT2D eigenvalue weighted by molar-refractivity contribution is 0.0291. The van der Waals surface area contributed by atoms with E-state index in [1.165, 1.54) is 0 Å². The molecule has 4 nitrogen and oxygen atoms in total. The molecule has 1 fully saturated rings. The topological polar surface area (TPSA) is 54.3 Å². The first-order valence-electron chi connectivity index (χ1n) is 6.89. The molecular formula is C15H19ClN2O2. The van der Waals surface area contributed by atoms with E-state index >= 15 is 0 Å². The van der Waals surface area contributed by atoms with Crippen LogP contribution in [0.5, 0.6) is 5.75 Å². The summed E-state index contributed by atoms with van der Waals surface area (Å²) in [6, 6.07) is 7.21. The highest BCUT2D eigenvalue weighted by molar-refractivity contribution is 6.31. The van der Waals surface area contributed by atoms with Gasteiger partial charge in [-0.1, -0.05) is 11.6 Å². The van der Waals surface area contributed by atoms with Crippen LogP contribution in [0.2, 0.25) is 5.02 Å². The largest absolute Gasteiger partial charge is 0.488 e. The van der Waals surface area contributed by atoms with Crippen molar-refractivity contribution in [3.8, 4) is 11.8 Å². The van der Waals surface area contributed by atoms with Gasteiger partial charge in [-0.25, -0.2) is 0 Å². The number of hydrogen-bond donors (Lipinski definition) is 1. The van der Waals surface area contributed by atoms with E-state index in [1.54, 1.807) is 18.2 Å². The summed E-state index contributed by atoms with van der Waals surface area (Å²) in [6.45, 7) is 5.18. The van der Waals surface area contributed by atoms with Crippen LogP contribution < -0.4 is 10.1 Å². The molecule has 0 aliphatic carbocycles. The van der Waals surface area contributed by atoms with Crippen LogP contribution in [-0.4, -0.2) is 32.4 Å². The standard InChI is InChI=1S/C15H19ClN2O2/c1-2-19-10-15(12-5-6-18-9-12)20-13-4-3-11(8-17)14(16)7-13/h3-4,7,12,15,18H,2,5-6,9-10H2,1H3/t12-,15-/m1/s1. The fourth-order valence-corrected chi connectivity index (χ4v) is 2.54. The minimum atomic E-state index is 0.00829. The summed E-state index contributed by atoms with van der Waals surface area (Å²) in [5, 5.41) is 12.6. The monoisotopic (exact) mass is 294 g/mol. The second kappa shape index (κ2) is 7.49. The number of hydrogen-bond acceptors (Lipinski definition) is 4. The average molecular weight is 295 g/mol. The van der Waals surface area contributed by atoms with Crippen molar-refractivity contribution in [3.05, 3.63) is 28.8 Å². The number of ether oxygens (including phenoxy) is 2. The van der Waals surface area contributed by atoms with Crippen LogP contribution >= 0.6 is 11.6 Å². The molecular weight excluding hydrogens is 276 g/mol. The Hall–Kier alpha value is -1.28. The lowest BCUT2D eigenvalue weighted by atomic mass is 10.0. The minimum absolute atomic E-state index is 0.00829. The van der Waals surface area contributed by atoms with Gasteiger partial charge >= 0.3 is 0 Å². The van der Waals surface area contributed by atoms with Crippen LogP contribution in [0.1, 0.15) is 18.9 Å². The van der Waals surface area contributed by atoms with Gasteiger partial charge in [0, 0.05) is 25.1 Å². The van der Waals surface area contributed by atoms with Crippen molar-refractivity contribution in [2.24, 2.45) is 5.92 Å². The Kier molecular flexibility index (Phi) is 5.66. The molecule has 20 heavy (non-hydrogen) atoms. The molecule has 1 heterocycles. The zero-order valence-corrected chi connectivity index (χ0v) is 12.3. The van der Waals surface area contributed by atoms with Crippen molar-refractivity contribution < 1.29 is 9.47 Å². The van der Waals surface area contributed by atoms with Gasteiger partial charge in [-0.15, -0.1) is 0 Å². The molecule has 0 bridgehead atoms. The van der Waals surface area contributed by atoms with Crippen LogP contribution in [-0.2, 0) is 4.74 Å². The third-order valence-electron chi connectivity index (χ3n) is 3.46. The van der Waals surface area contributed by atoms with E-state index in [0.717, 1.165) is 19.5 Å². The molecule has 5 heteroatoms. The molecule has 0 aromatic heterocycles. The quantitative estimate of drug-likeness (QED) is 0.876. The number of nitrogens with zero attached hydrogens (tertiary/aromatic N) is 1. The molecule has 1 aliphatic heterocycles. The fourth-order valence-electron chi connectivity index (χ4n) is 2.33. The van der Waals surface area contributed by atoms with E-state index in [2.05, 4.69) is 5.32 Å². The van der Waals surface area contributed by atoms with Crippen LogP contribution in [0.4, 0.5) is 0 Å². The van der Waals surface area contributed by atoms with E-state index in [1.807, 2.05) is 13.0 Å². The highest BCUT2D eigenvalue weighted by atomic mass is 35.5. The Morgan fingerprint density at radius 3 is 3.00 bits per heavy atom. The second-order valence-corrected chi connectivity index (χ2v) is 5.23. The zero-order valence-electron chi connectivity index (χ0n) is 11.6. The first-order valence-corrected chi connectivity index (χ1v) is 7.27.